The Morgan fingerprint density at radius 3 is 2.28 bits per heavy atom. The SMILES string of the molecule is CC(=O)Nc1ccc(C(=O)N2CCN(c3ccc(-c4noc(C5CC5)n4)cc3)CC2)cc1. The van der Waals surface area contributed by atoms with E-state index in [9.17, 15) is 9.59 Å². The monoisotopic (exact) mass is 431 g/mol. The first-order valence-electron chi connectivity index (χ1n) is 10.9. The molecule has 1 aliphatic carbocycles. The first-order valence-corrected chi connectivity index (χ1v) is 10.9. The number of aromatic nitrogens is 2. The molecule has 32 heavy (non-hydrogen) atoms. The van der Waals surface area contributed by atoms with Gasteiger partial charge in [-0.1, -0.05) is 5.16 Å². The van der Waals surface area contributed by atoms with E-state index in [1.807, 2.05) is 17.0 Å². The lowest BCUT2D eigenvalue weighted by molar-refractivity contribution is -0.114. The highest BCUT2D eigenvalue weighted by Gasteiger charge is 2.30. The van der Waals surface area contributed by atoms with Gasteiger partial charge in [0.1, 0.15) is 0 Å². The molecule has 1 saturated heterocycles. The molecule has 2 aliphatic rings. The smallest absolute Gasteiger partial charge is 0.253 e. The maximum Gasteiger partial charge on any atom is 0.253 e. The Labute approximate surface area is 186 Å². The largest absolute Gasteiger partial charge is 0.368 e. The number of carbonyl (C=O) groups excluding carboxylic acids is 2. The minimum Gasteiger partial charge on any atom is -0.368 e. The Balaban J connectivity index is 1.18. The molecule has 1 saturated carbocycles. The first-order chi connectivity index (χ1) is 15.6. The van der Waals surface area contributed by atoms with Gasteiger partial charge in [0.2, 0.25) is 17.6 Å². The van der Waals surface area contributed by atoms with Crippen molar-refractivity contribution in [1.29, 1.82) is 0 Å². The van der Waals surface area contributed by atoms with Gasteiger partial charge >= 0.3 is 0 Å². The molecule has 8 heteroatoms. The first kappa shape index (κ1) is 20.2. The second-order valence-electron chi connectivity index (χ2n) is 8.32. The van der Waals surface area contributed by atoms with Crippen molar-refractivity contribution in [3.8, 4) is 11.4 Å². The quantitative estimate of drug-likeness (QED) is 0.665. The molecule has 0 atom stereocenters. The van der Waals surface area contributed by atoms with E-state index in [0.717, 1.165) is 43.1 Å². The van der Waals surface area contributed by atoms with Crippen molar-refractivity contribution < 1.29 is 14.1 Å². The van der Waals surface area contributed by atoms with Gasteiger partial charge in [0.05, 0.1) is 0 Å². The summed E-state index contributed by atoms with van der Waals surface area (Å²) in [5.41, 5.74) is 3.38. The third-order valence-electron chi connectivity index (χ3n) is 5.88. The molecule has 0 spiro atoms. The van der Waals surface area contributed by atoms with Crippen LogP contribution in [0.4, 0.5) is 11.4 Å². The van der Waals surface area contributed by atoms with Crippen molar-refractivity contribution in [1.82, 2.24) is 15.0 Å². The van der Waals surface area contributed by atoms with Crippen LogP contribution < -0.4 is 10.2 Å². The van der Waals surface area contributed by atoms with Gasteiger partial charge in [-0.15, -0.1) is 0 Å². The molecule has 0 radical (unpaired) electrons. The second-order valence-corrected chi connectivity index (χ2v) is 8.32. The number of rotatable bonds is 5. The van der Waals surface area contributed by atoms with E-state index in [1.165, 1.54) is 6.92 Å². The Bertz CT molecular complexity index is 1110. The topological polar surface area (TPSA) is 91.6 Å². The van der Waals surface area contributed by atoms with Gasteiger partial charge < -0.3 is 19.6 Å². The zero-order chi connectivity index (χ0) is 22.1. The van der Waals surface area contributed by atoms with Crippen LogP contribution in [0.1, 0.15) is 41.9 Å². The maximum absolute atomic E-state index is 12.8. The van der Waals surface area contributed by atoms with Crippen LogP contribution in [0.25, 0.3) is 11.4 Å². The molecule has 5 rings (SSSR count). The van der Waals surface area contributed by atoms with Gasteiger partial charge in [0.15, 0.2) is 0 Å². The summed E-state index contributed by atoms with van der Waals surface area (Å²) in [4.78, 5) is 32.6. The fraction of sp³-hybridized carbons (Fsp3) is 0.333. The van der Waals surface area contributed by atoms with Crippen LogP contribution in [0.2, 0.25) is 0 Å². The number of nitrogens with zero attached hydrogens (tertiary/aromatic N) is 4. The second kappa shape index (κ2) is 8.45. The van der Waals surface area contributed by atoms with Crippen LogP contribution >= 0.6 is 0 Å². The van der Waals surface area contributed by atoms with Crippen LogP contribution in [0, 0.1) is 0 Å². The highest BCUT2D eigenvalue weighted by atomic mass is 16.5. The number of anilines is 2. The predicted octanol–water partition coefficient (Wildman–Crippen LogP) is 3.53. The Hall–Kier alpha value is -3.68. The van der Waals surface area contributed by atoms with Crippen molar-refractivity contribution in [2.24, 2.45) is 0 Å². The van der Waals surface area contributed by atoms with Crippen molar-refractivity contribution in [2.75, 3.05) is 36.4 Å². The van der Waals surface area contributed by atoms with Crippen molar-refractivity contribution in [2.45, 2.75) is 25.7 Å². The molecule has 164 valence electrons. The van der Waals surface area contributed by atoms with Gasteiger partial charge in [-0.3, -0.25) is 9.59 Å². The molecule has 1 aliphatic heterocycles. The third kappa shape index (κ3) is 4.34. The number of piperazine rings is 1. The molecule has 2 heterocycles. The van der Waals surface area contributed by atoms with E-state index in [2.05, 4.69) is 32.5 Å². The van der Waals surface area contributed by atoms with Crippen LogP contribution in [0.5, 0.6) is 0 Å². The Kier molecular flexibility index (Phi) is 5.34. The normalized spacial score (nSPS) is 16.2. The minimum absolute atomic E-state index is 0.0120. The molecule has 0 bridgehead atoms. The summed E-state index contributed by atoms with van der Waals surface area (Å²) in [6, 6.07) is 15.2. The molecule has 2 amide bonds. The van der Waals surface area contributed by atoms with E-state index in [-0.39, 0.29) is 11.8 Å². The predicted molar refractivity (Wildman–Crippen MR) is 121 cm³/mol. The minimum atomic E-state index is -0.131. The fourth-order valence-electron chi connectivity index (χ4n) is 3.92. The number of amides is 2. The van der Waals surface area contributed by atoms with Crippen molar-refractivity contribution in [3.05, 3.63) is 60.0 Å². The number of benzene rings is 2. The number of nitrogens with one attached hydrogen (secondary N) is 1. The molecule has 2 aromatic carbocycles. The average Bonchev–Trinajstić information content (AvgIpc) is 3.55. The fourth-order valence-corrected chi connectivity index (χ4v) is 3.92. The molecule has 0 unspecified atom stereocenters. The Morgan fingerprint density at radius 1 is 0.969 bits per heavy atom. The Morgan fingerprint density at radius 2 is 1.66 bits per heavy atom. The van der Waals surface area contributed by atoms with Crippen LogP contribution in [0.3, 0.4) is 0 Å². The lowest BCUT2D eigenvalue weighted by atomic mass is 10.1. The molecule has 2 fully saturated rings. The zero-order valence-corrected chi connectivity index (χ0v) is 18.0. The lowest BCUT2D eigenvalue weighted by Crippen LogP contribution is -2.48. The van der Waals surface area contributed by atoms with Crippen molar-refractivity contribution >= 4 is 23.2 Å². The lowest BCUT2D eigenvalue weighted by Gasteiger charge is -2.36. The highest BCUT2D eigenvalue weighted by molar-refractivity contribution is 5.95. The molecule has 8 nitrogen and oxygen atoms in total. The molecule has 1 aromatic heterocycles. The summed E-state index contributed by atoms with van der Waals surface area (Å²) in [6.45, 7) is 4.31. The number of carbonyl (C=O) groups is 2. The van der Waals surface area contributed by atoms with Crippen LogP contribution in [-0.2, 0) is 4.79 Å². The van der Waals surface area contributed by atoms with E-state index in [1.54, 1.807) is 24.3 Å². The van der Waals surface area contributed by atoms with Gasteiger partial charge in [0.25, 0.3) is 5.91 Å². The molecule has 3 aromatic rings. The standard InChI is InChI=1S/C24H25N5O3/c1-16(30)25-20-8-4-19(5-9-20)24(31)29-14-12-28(13-15-29)21-10-6-17(7-11-21)22-26-23(32-27-22)18-2-3-18/h4-11,18H,2-3,12-15H2,1H3,(H,25,30). The molecule has 1 N–H and O–H groups in total. The summed E-state index contributed by atoms with van der Waals surface area (Å²) < 4.78 is 5.36. The van der Waals surface area contributed by atoms with Crippen molar-refractivity contribution in [3.63, 3.8) is 0 Å². The third-order valence-corrected chi connectivity index (χ3v) is 5.88. The van der Waals surface area contributed by atoms with E-state index < -0.39 is 0 Å². The summed E-state index contributed by atoms with van der Waals surface area (Å²) in [7, 11) is 0. The van der Waals surface area contributed by atoms with E-state index >= 15 is 0 Å². The number of hydrogen-bond acceptors (Lipinski definition) is 6. The van der Waals surface area contributed by atoms with Gasteiger partial charge in [-0.2, -0.15) is 4.98 Å². The summed E-state index contributed by atoms with van der Waals surface area (Å²) in [6.07, 6.45) is 2.27. The van der Waals surface area contributed by atoms with Crippen LogP contribution in [-0.4, -0.2) is 53.0 Å². The van der Waals surface area contributed by atoms with Gasteiger partial charge in [-0.05, 0) is 61.4 Å². The maximum atomic E-state index is 12.8. The van der Waals surface area contributed by atoms with E-state index in [4.69, 9.17) is 4.52 Å². The number of hydrogen-bond donors (Lipinski definition) is 1. The van der Waals surface area contributed by atoms with Crippen LogP contribution in [0.15, 0.2) is 53.1 Å². The van der Waals surface area contributed by atoms with Gasteiger partial charge in [0, 0.05) is 61.5 Å². The zero-order valence-electron chi connectivity index (χ0n) is 18.0. The molecular formula is C24H25N5O3. The summed E-state index contributed by atoms with van der Waals surface area (Å²) >= 11 is 0. The average molecular weight is 431 g/mol. The molecular weight excluding hydrogens is 406 g/mol. The van der Waals surface area contributed by atoms with E-state index in [0.29, 0.717) is 36.1 Å². The summed E-state index contributed by atoms with van der Waals surface area (Å²) in [5, 5.41) is 6.82. The summed E-state index contributed by atoms with van der Waals surface area (Å²) in [5.74, 6) is 1.71. The van der Waals surface area contributed by atoms with Gasteiger partial charge in [-0.25, -0.2) is 0 Å². The highest BCUT2D eigenvalue weighted by Crippen LogP contribution is 2.39.